The molecular weight excluding hydrogens is 266 g/mol. The van der Waals surface area contributed by atoms with E-state index in [9.17, 15) is 0 Å². The summed E-state index contributed by atoms with van der Waals surface area (Å²) in [5.74, 6) is 1.43. The fourth-order valence-corrected chi connectivity index (χ4v) is 2.60. The van der Waals surface area contributed by atoms with Gasteiger partial charge in [-0.05, 0) is 37.0 Å². The molecule has 2 N–H and O–H groups in total. The second kappa shape index (κ2) is 3.77. The standard InChI is InChI=1S/C12H14BrN3/c13-9-4-5-11-10(6-9)15-12(14)16(11)7-8-2-1-3-8/h4-6,8H,1-3,7H2,(H2,14,15). The monoisotopic (exact) mass is 279 g/mol. The van der Waals surface area contributed by atoms with Crippen molar-refractivity contribution in [2.45, 2.75) is 25.8 Å². The van der Waals surface area contributed by atoms with Crippen LogP contribution in [-0.2, 0) is 6.54 Å². The highest BCUT2D eigenvalue weighted by molar-refractivity contribution is 9.10. The van der Waals surface area contributed by atoms with Gasteiger partial charge in [-0.2, -0.15) is 0 Å². The van der Waals surface area contributed by atoms with Crippen LogP contribution in [0.2, 0.25) is 0 Å². The van der Waals surface area contributed by atoms with Gasteiger partial charge in [0, 0.05) is 11.0 Å². The van der Waals surface area contributed by atoms with Crippen molar-refractivity contribution in [3.63, 3.8) is 0 Å². The van der Waals surface area contributed by atoms with E-state index in [4.69, 9.17) is 5.73 Å². The van der Waals surface area contributed by atoms with Crippen molar-refractivity contribution in [1.82, 2.24) is 9.55 Å². The van der Waals surface area contributed by atoms with Crippen LogP contribution in [0.15, 0.2) is 22.7 Å². The molecule has 0 aliphatic heterocycles. The smallest absolute Gasteiger partial charge is 0.201 e. The van der Waals surface area contributed by atoms with Crippen LogP contribution in [0, 0.1) is 5.92 Å². The average molecular weight is 280 g/mol. The van der Waals surface area contributed by atoms with Crippen molar-refractivity contribution < 1.29 is 0 Å². The average Bonchev–Trinajstić information content (AvgIpc) is 2.47. The molecule has 1 aromatic heterocycles. The van der Waals surface area contributed by atoms with Gasteiger partial charge in [-0.25, -0.2) is 4.98 Å². The minimum Gasteiger partial charge on any atom is -0.369 e. The van der Waals surface area contributed by atoms with E-state index in [2.05, 4.69) is 31.5 Å². The van der Waals surface area contributed by atoms with Gasteiger partial charge < -0.3 is 10.3 Å². The summed E-state index contributed by atoms with van der Waals surface area (Å²) in [5, 5.41) is 0. The number of nitrogen functional groups attached to an aromatic ring is 1. The highest BCUT2D eigenvalue weighted by Gasteiger charge is 2.20. The molecule has 0 atom stereocenters. The van der Waals surface area contributed by atoms with E-state index in [0.717, 1.165) is 28.0 Å². The molecular formula is C12H14BrN3. The summed E-state index contributed by atoms with van der Waals surface area (Å²) < 4.78 is 3.19. The Labute approximate surface area is 103 Å². The topological polar surface area (TPSA) is 43.8 Å². The molecule has 1 fully saturated rings. The summed E-state index contributed by atoms with van der Waals surface area (Å²) in [6.45, 7) is 1.02. The molecule has 3 rings (SSSR count). The van der Waals surface area contributed by atoms with Gasteiger partial charge in [0.05, 0.1) is 11.0 Å². The van der Waals surface area contributed by atoms with Crippen molar-refractivity contribution in [2.75, 3.05) is 5.73 Å². The van der Waals surface area contributed by atoms with Crippen LogP contribution in [-0.4, -0.2) is 9.55 Å². The lowest BCUT2D eigenvalue weighted by Gasteiger charge is -2.26. The zero-order valence-electron chi connectivity index (χ0n) is 8.99. The van der Waals surface area contributed by atoms with Crippen LogP contribution in [0.4, 0.5) is 5.95 Å². The number of imidazole rings is 1. The summed E-state index contributed by atoms with van der Waals surface area (Å²) in [7, 11) is 0. The number of anilines is 1. The predicted molar refractivity (Wildman–Crippen MR) is 69.2 cm³/mol. The molecule has 0 unspecified atom stereocenters. The molecule has 0 radical (unpaired) electrons. The first-order chi connectivity index (χ1) is 7.74. The molecule has 1 heterocycles. The molecule has 0 amide bonds. The molecule has 0 bridgehead atoms. The fourth-order valence-electron chi connectivity index (χ4n) is 2.25. The maximum absolute atomic E-state index is 5.97. The minimum absolute atomic E-state index is 0.639. The molecule has 0 saturated heterocycles. The highest BCUT2D eigenvalue weighted by Crippen LogP contribution is 2.30. The van der Waals surface area contributed by atoms with Crippen molar-refractivity contribution in [3.8, 4) is 0 Å². The maximum atomic E-state index is 5.97. The van der Waals surface area contributed by atoms with Crippen LogP contribution >= 0.6 is 15.9 Å². The molecule has 84 valence electrons. The Hall–Kier alpha value is -1.03. The van der Waals surface area contributed by atoms with Gasteiger partial charge in [-0.1, -0.05) is 22.4 Å². The van der Waals surface area contributed by atoms with Gasteiger partial charge >= 0.3 is 0 Å². The SMILES string of the molecule is Nc1nc2cc(Br)ccc2n1CC1CCC1. The van der Waals surface area contributed by atoms with Crippen LogP contribution in [0.1, 0.15) is 19.3 Å². The molecule has 4 heteroatoms. The first-order valence-corrected chi connectivity index (χ1v) is 6.44. The second-order valence-electron chi connectivity index (χ2n) is 4.51. The van der Waals surface area contributed by atoms with Gasteiger partial charge in [0.2, 0.25) is 5.95 Å². The zero-order chi connectivity index (χ0) is 11.1. The Kier molecular flexibility index (Phi) is 2.39. The first-order valence-electron chi connectivity index (χ1n) is 5.65. The molecule has 2 aromatic rings. The van der Waals surface area contributed by atoms with Gasteiger partial charge in [0.25, 0.3) is 0 Å². The number of nitrogens with zero attached hydrogens (tertiary/aromatic N) is 2. The normalized spacial score (nSPS) is 16.6. The number of hydrogen-bond acceptors (Lipinski definition) is 2. The molecule has 1 saturated carbocycles. The summed E-state index contributed by atoms with van der Waals surface area (Å²) in [4.78, 5) is 4.40. The van der Waals surface area contributed by atoms with E-state index in [1.54, 1.807) is 0 Å². The quantitative estimate of drug-likeness (QED) is 0.918. The summed E-state index contributed by atoms with van der Waals surface area (Å²) in [6, 6.07) is 6.14. The van der Waals surface area contributed by atoms with E-state index >= 15 is 0 Å². The van der Waals surface area contributed by atoms with Gasteiger partial charge in [-0.15, -0.1) is 0 Å². The lowest BCUT2D eigenvalue weighted by atomic mass is 9.85. The third-order valence-corrected chi connectivity index (χ3v) is 3.90. The number of rotatable bonds is 2. The van der Waals surface area contributed by atoms with E-state index in [1.165, 1.54) is 19.3 Å². The van der Waals surface area contributed by atoms with E-state index < -0.39 is 0 Å². The fraction of sp³-hybridized carbons (Fsp3) is 0.417. The third-order valence-electron chi connectivity index (χ3n) is 3.41. The Balaban J connectivity index is 2.04. The van der Waals surface area contributed by atoms with Crippen LogP contribution < -0.4 is 5.73 Å². The highest BCUT2D eigenvalue weighted by atomic mass is 79.9. The Bertz CT molecular complexity index is 528. The largest absolute Gasteiger partial charge is 0.369 e. The predicted octanol–water partition coefficient (Wildman–Crippen LogP) is 3.18. The number of benzene rings is 1. The molecule has 16 heavy (non-hydrogen) atoms. The number of hydrogen-bond donors (Lipinski definition) is 1. The Morgan fingerprint density at radius 2 is 2.25 bits per heavy atom. The number of halogens is 1. The number of aromatic nitrogens is 2. The minimum atomic E-state index is 0.639. The van der Waals surface area contributed by atoms with Gasteiger partial charge in [0.15, 0.2) is 0 Å². The summed E-state index contributed by atoms with van der Waals surface area (Å²) >= 11 is 3.45. The van der Waals surface area contributed by atoms with E-state index in [1.807, 2.05) is 12.1 Å². The molecule has 3 nitrogen and oxygen atoms in total. The van der Waals surface area contributed by atoms with Crippen LogP contribution in [0.5, 0.6) is 0 Å². The third kappa shape index (κ3) is 1.61. The Morgan fingerprint density at radius 3 is 2.94 bits per heavy atom. The van der Waals surface area contributed by atoms with Crippen molar-refractivity contribution in [3.05, 3.63) is 22.7 Å². The van der Waals surface area contributed by atoms with E-state index in [-0.39, 0.29) is 0 Å². The Morgan fingerprint density at radius 1 is 1.44 bits per heavy atom. The zero-order valence-corrected chi connectivity index (χ0v) is 10.6. The van der Waals surface area contributed by atoms with Gasteiger partial charge in [0.1, 0.15) is 0 Å². The summed E-state index contributed by atoms with van der Waals surface area (Å²) in [6.07, 6.45) is 4.02. The second-order valence-corrected chi connectivity index (χ2v) is 5.43. The summed E-state index contributed by atoms with van der Waals surface area (Å²) in [5.41, 5.74) is 8.09. The first kappa shape index (κ1) is 10.1. The maximum Gasteiger partial charge on any atom is 0.201 e. The molecule has 0 spiro atoms. The molecule has 1 aliphatic rings. The van der Waals surface area contributed by atoms with Crippen molar-refractivity contribution in [2.24, 2.45) is 5.92 Å². The lowest BCUT2D eigenvalue weighted by molar-refractivity contribution is 0.281. The van der Waals surface area contributed by atoms with Crippen molar-refractivity contribution >= 4 is 32.9 Å². The number of fused-ring (bicyclic) bond motifs is 1. The lowest BCUT2D eigenvalue weighted by Crippen LogP contribution is -2.19. The molecule has 1 aliphatic carbocycles. The van der Waals surface area contributed by atoms with Gasteiger partial charge in [-0.3, -0.25) is 0 Å². The van der Waals surface area contributed by atoms with Crippen molar-refractivity contribution in [1.29, 1.82) is 0 Å². The van der Waals surface area contributed by atoms with Crippen LogP contribution in [0.25, 0.3) is 11.0 Å². The van der Waals surface area contributed by atoms with Crippen LogP contribution in [0.3, 0.4) is 0 Å². The number of nitrogens with two attached hydrogens (primary N) is 1. The molecule has 1 aromatic carbocycles. The van der Waals surface area contributed by atoms with E-state index in [0.29, 0.717) is 5.95 Å².